The van der Waals surface area contributed by atoms with Gasteiger partial charge in [-0.1, -0.05) is 35.4 Å². The Morgan fingerprint density at radius 1 is 0.676 bits per heavy atom. The van der Waals surface area contributed by atoms with Crippen LogP contribution < -0.4 is 11.1 Å². The number of hydrogen-bond donors (Lipinski definition) is 3. The number of nitrogens with zero attached hydrogens (tertiary/aromatic N) is 1. The molecule has 2 heterocycles. The molecule has 6 rings (SSSR count). The predicted molar refractivity (Wildman–Crippen MR) is 145 cm³/mol. The van der Waals surface area contributed by atoms with Crippen molar-refractivity contribution in [3.8, 4) is 5.69 Å². The largest absolute Gasteiger partial charge is 0.399 e. The molecule has 2 aromatic heterocycles. The molecule has 0 atom stereocenters. The summed E-state index contributed by atoms with van der Waals surface area (Å²) in [5, 5.41) is 5.80. The second kappa shape index (κ2) is 9.20. The van der Waals surface area contributed by atoms with E-state index in [9.17, 15) is 0 Å². The lowest BCUT2D eigenvalue weighted by Crippen LogP contribution is -1.92. The standard InChI is InChI=1S/2C15H14N2/c1-11-2-5-14(6-3-11)17-9-8-12-10-13(16)4-7-15(12)17;1-11-2-4-13(5-3-11)17-14-6-7-15-12(10-14)8-9-16-15/h2-10H,16H2,1H3;2-10,16-17H,1H3. The third-order valence-corrected chi connectivity index (χ3v) is 5.92. The molecule has 0 radical (unpaired) electrons. The summed E-state index contributed by atoms with van der Waals surface area (Å²) in [7, 11) is 0. The van der Waals surface area contributed by atoms with Gasteiger partial charge in [0.05, 0.1) is 5.52 Å². The van der Waals surface area contributed by atoms with Crippen molar-refractivity contribution in [1.29, 1.82) is 0 Å². The van der Waals surface area contributed by atoms with Gasteiger partial charge < -0.3 is 20.6 Å². The molecule has 0 bridgehead atoms. The molecule has 0 fully saturated rings. The van der Waals surface area contributed by atoms with Crippen LogP contribution in [-0.4, -0.2) is 9.55 Å². The van der Waals surface area contributed by atoms with Gasteiger partial charge in [0.1, 0.15) is 0 Å². The van der Waals surface area contributed by atoms with E-state index in [2.05, 4.69) is 120 Å². The summed E-state index contributed by atoms with van der Waals surface area (Å²) in [6.45, 7) is 4.19. The van der Waals surface area contributed by atoms with Crippen LogP contribution in [0.3, 0.4) is 0 Å². The van der Waals surface area contributed by atoms with Gasteiger partial charge in [-0.25, -0.2) is 0 Å². The van der Waals surface area contributed by atoms with Gasteiger partial charge in [0.25, 0.3) is 0 Å². The number of anilines is 3. The summed E-state index contributed by atoms with van der Waals surface area (Å²) in [6, 6.07) is 33.4. The van der Waals surface area contributed by atoms with Crippen LogP contribution in [0, 0.1) is 13.8 Å². The molecule has 4 nitrogen and oxygen atoms in total. The smallest absolute Gasteiger partial charge is 0.0529 e. The Labute approximate surface area is 199 Å². The Kier molecular flexibility index (Phi) is 5.79. The number of rotatable bonds is 3. The second-order valence-electron chi connectivity index (χ2n) is 8.61. The fourth-order valence-corrected chi connectivity index (χ4v) is 4.03. The Morgan fingerprint density at radius 2 is 1.38 bits per heavy atom. The van der Waals surface area contributed by atoms with Crippen LogP contribution in [0.15, 0.2) is 109 Å². The summed E-state index contributed by atoms with van der Waals surface area (Å²) in [6.07, 6.45) is 4.04. The Morgan fingerprint density at radius 3 is 2.15 bits per heavy atom. The van der Waals surface area contributed by atoms with Gasteiger partial charge >= 0.3 is 0 Å². The Bertz CT molecular complexity index is 1540. The zero-order chi connectivity index (χ0) is 23.5. The van der Waals surface area contributed by atoms with Crippen molar-refractivity contribution in [1.82, 2.24) is 9.55 Å². The van der Waals surface area contributed by atoms with Crippen LogP contribution in [-0.2, 0) is 0 Å². The maximum Gasteiger partial charge on any atom is 0.0529 e. The van der Waals surface area contributed by atoms with E-state index in [0.29, 0.717) is 0 Å². The minimum atomic E-state index is 0.805. The van der Waals surface area contributed by atoms with Gasteiger partial charge in [-0.15, -0.1) is 0 Å². The molecule has 0 aliphatic rings. The number of aromatic amines is 1. The van der Waals surface area contributed by atoms with Gasteiger partial charge in [0.15, 0.2) is 0 Å². The van der Waals surface area contributed by atoms with E-state index in [0.717, 1.165) is 17.1 Å². The van der Waals surface area contributed by atoms with Crippen molar-refractivity contribution in [3.05, 3.63) is 121 Å². The number of nitrogens with two attached hydrogens (primary N) is 1. The highest BCUT2D eigenvalue weighted by molar-refractivity contribution is 5.85. The minimum Gasteiger partial charge on any atom is -0.399 e. The summed E-state index contributed by atoms with van der Waals surface area (Å²) in [4.78, 5) is 3.19. The van der Waals surface area contributed by atoms with Crippen LogP contribution in [0.1, 0.15) is 11.1 Å². The molecular weight excluding hydrogens is 416 g/mol. The molecule has 168 valence electrons. The monoisotopic (exact) mass is 444 g/mol. The molecule has 4 N–H and O–H groups in total. The number of hydrogen-bond acceptors (Lipinski definition) is 2. The molecule has 4 heteroatoms. The number of benzene rings is 4. The van der Waals surface area contributed by atoms with Crippen molar-refractivity contribution in [2.24, 2.45) is 0 Å². The molecule has 0 spiro atoms. The first-order valence-electron chi connectivity index (χ1n) is 11.4. The molecule has 0 saturated carbocycles. The van der Waals surface area contributed by atoms with E-state index in [1.807, 2.05) is 18.3 Å². The molecule has 34 heavy (non-hydrogen) atoms. The van der Waals surface area contributed by atoms with E-state index in [4.69, 9.17) is 5.73 Å². The molecule has 6 aromatic rings. The average Bonchev–Trinajstić information content (AvgIpc) is 3.48. The topological polar surface area (TPSA) is 58.8 Å². The molecule has 4 aromatic carbocycles. The van der Waals surface area contributed by atoms with E-state index in [-0.39, 0.29) is 0 Å². The molecule has 0 aliphatic heterocycles. The maximum atomic E-state index is 5.78. The molecule has 0 unspecified atom stereocenters. The molecule has 0 aliphatic carbocycles. The van der Waals surface area contributed by atoms with Crippen molar-refractivity contribution in [3.63, 3.8) is 0 Å². The number of nitrogen functional groups attached to an aromatic ring is 1. The van der Waals surface area contributed by atoms with Crippen LogP contribution in [0.25, 0.3) is 27.5 Å². The van der Waals surface area contributed by atoms with Gasteiger partial charge in [0, 0.05) is 51.4 Å². The van der Waals surface area contributed by atoms with Crippen LogP contribution >= 0.6 is 0 Å². The summed E-state index contributed by atoms with van der Waals surface area (Å²) in [5.74, 6) is 0. The lowest BCUT2D eigenvalue weighted by Gasteiger charge is -2.06. The van der Waals surface area contributed by atoms with Gasteiger partial charge in [0.2, 0.25) is 0 Å². The third-order valence-electron chi connectivity index (χ3n) is 5.92. The Hall–Kier alpha value is -4.44. The van der Waals surface area contributed by atoms with Crippen LogP contribution in [0.2, 0.25) is 0 Å². The first kappa shape index (κ1) is 21.4. The number of aryl methyl sites for hydroxylation is 2. The van der Waals surface area contributed by atoms with Crippen molar-refractivity contribution < 1.29 is 0 Å². The fraction of sp³-hybridized carbons (Fsp3) is 0.0667. The first-order chi connectivity index (χ1) is 16.5. The summed E-state index contributed by atoms with van der Waals surface area (Å²) in [5.41, 5.74) is 14.9. The highest BCUT2D eigenvalue weighted by Gasteiger charge is 2.03. The first-order valence-corrected chi connectivity index (χ1v) is 11.4. The van der Waals surface area contributed by atoms with Crippen molar-refractivity contribution in [2.45, 2.75) is 13.8 Å². The summed E-state index contributed by atoms with van der Waals surface area (Å²) < 4.78 is 2.17. The predicted octanol–water partition coefficient (Wildman–Crippen LogP) is 7.74. The quantitative estimate of drug-likeness (QED) is 0.244. The normalized spacial score (nSPS) is 10.8. The lowest BCUT2D eigenvalue weighted by atomic mass is 10.2. The highest BCUT2D eigenvalue weighted by Crippen LogP contribution is 2.23. The fourth-order valence-electron chi connectivity index (χ4n) is 4.03. The average molecular weight is 445 g/mol. The molecular formula is C30H28N4. The third kappa shape index (κ3) is 4.66. The maximum absolute atomic E-state index is 5.78. The van der Waals surface area contributed by atoms with E-state index in [1.165, 1.54) is 38.6 Å². The van der Waals surface area contributed by atoms with Gasteiger partial charge in [-0.05, 0) is 86.6 Å². The van der Waals surface area contributed by atoms with Gasteiger partial charge in [-0.2, -0.15) is 0 Å². The number of fused-ring (bicyclic) bond motifs is 2. The molecule has 0 saturated heterocycles. The zero-order valence-corrected chi connectivity index (χ0v) is 19.4. The molecule has 0 amide bonds. The second-order valence-corrected chi connectivity index (χ2v) is 8.61. The number of nitrogens with one attached hydrogen (secondary N) is 2. The number of H-pyrrole nitrogens is 1. The van der Waals surface area contributed by atoms with Gasteiger partial charge in [-0.3, -0.25) is 0 Å². The van der Waals surface area contributed by atoms with E-state index < -0.39 is 0 Å². The van der Waals surface area contributed by atoms with E-state index in [1.54, 1.807) is 0 Å². The number of aromatic nitrogens is 2. The highest BCUT2D eigenvalue weighted by atomic mass is 15.0. The lowest BCUT2D eigenvalue weighted by molar-refractivity contribution is 1.12. The van der Waals surface area contributed by atoms with Crippen LogP contribution in [0.5, 0.6) is 0 Å². The van der Waals surface area contributed by atoms with Crippen LogP contribution in [0.4, 0.5) is 17.1 Å². The van der Waals surface area contributed by atoms with Crippen molar-refractivity contribution in [2.75, 3.05) is 11.1 Å². The van der Waals surface area contributed by atoms with E-state index >= 15 is 0 Å². The van der Waals surface area contributed by atoms with Crippen molar-refractivity contribution >= 4 is 38.9 Å². The Balaban J connectivity index is 0.000000142. The SMILES string of the molecule is Cc1ccc(-n2ccc3cc(N)ccc32)cc1.Cc1ccc(Nc2ccc3[nH]ccc3c2)cc1. The summed E-state index contributed by atoms with van der Waals surface area (Å²) >= 11 is 0. The zero-order valence-electron chi connectivity index (χ0n) is 19.4. The minimum absolute atomic E-state index is 0.805.